The number of anilines is 1. The van der Waals surface area contributed by atoms with Crippen LogP contribution < -0.4 is 10.1 Å². The molecule has 0 aromatic heterocycles. The van der Waals surface area contributed by atoms with Crippen LogP contribution in [0.4, 0.5) is 27.6 Å². The van der Waals surface area contributed by atoms with Crippen molar-refractivity contribution in [1.82, 2.24) is 0 Å². The fraction of sp³-hybridized carbons (Fsp3) is 0.310. The number of alkyl halides is 3. The summed E-state index contributed by atoms with van der Waals surface area (Å²) in [5.41, 5.74) is -2.98. The van der Waals surface area contributed by atoms with E-state index >= 15 is 0 Å². The van der Waals surface area contributed by atoms with Crippen LogP contribution in [-0.4, -0.2) is 27.3 Å². The molecule has 6 nitrogen and oxygen atoms in total. The van der Waals surface area contributed by atoms with Crippen molar-refractivity contribution in [3.8, 4) is 11.5 Å². The van der Waals surface area contributed by atoms with Gasteiger partial charge in [-0.3, -0.25) is 4.79 Å². The van der Waals surface area contributed by atoms with Gasteiger partial charge in [0.2, 0.25) is 0 Å². The Morgan fingerprint density at radius 3 is 2.17 bits per heavy atom. The van der Waals surface area contributed by atoms with E-state index in [0.29, 0.717) is 18.4 Å². The monoisotopic (exact) mass is 593 g/mol. The highest BCUT2D eigenvalue weighted by Crippen LogP contribution is 2.55. The van der Waals surface area contributed by atoms with Gasteiger partial charge in [0.15, 0.2) is 8.32 Å². The Kier molecular flexibility index (Phi) is 8.03. The van der Waals surface area contributed by atoms with Gasteiger partial charge in [-0.15, -0.1) is 0 Å². The molecule has 0 radical (unpaired) electrons. The molecule has 1 saturated carbocycles. The van der Waals surface area contributed by atoms with Crippen LogP contribution in [0.3, 0.4) is 0 Å². The molecule has 0 aliphatic heterocycles. The molecule has 0 heterocycles. The van der Waals surface area contributed by atoms with Crippen molar-refractivity contribution in [2.45, 2.75) is 51.2 Å². The molecule has 12 heteroatoms. The largest absolute Gasteiger partial charge is 0.465 e. The zero-order valence-corrected chi connectivity index (χ0v) is 24.0. The number of aryl methyl sites for hydroxylation is 1. The first-order valence-corrected chi connectivity index (χ1v) is 16.0. The molecular formula is C29H28F5NO5Si. The molecule has 1 amide bonds. The number of carbonyl (C=O) groups is 2. The van der Waals surface area contributed by atoms with Crippen molar-refractivity contribution in [3.05, 3.63) is 88.0 Å². The Balaban J connectivity index is 1.85. The second-order valence-corrected chi connectivity index (χ2v) is 15.2. The third-order valence-electron chi connectivity index (χ3n) is 6.35. The lowest BCUT2D eigenvalue weighted by atomic mass is 9.97. The summed E-state index contributed by atoms with van der Waals surface area (Å²) in [4.78, 5) is 25.2. The molecule has 218 valence electrons. The van der Waals surface area contributed by atoms with Gasteiger partial charge >= 0.3 is 12.1 Å². The predicted molar refractivity (Wildman–Crippen MR) is 144 cm³/mol. The van der Waals surface area contributed by atoms with Gasteiger partial charge in [-0.05, 0) is 93.5 Å². The number of rotatable bonds is 8. The van der Waals surface area contributed by atoms with Crippen molar-refractivity contribution in [2.24, 2.45) is 0 Å². The average molecular weight is 594 g/mol. The number of esters is 1. The number of hydrogen-bond acceptors (Lipinski definition) is 5. The predicted octanol–water partition coefficient (Wildman–Crippen LogP) is 7.96. The molecule has 0 saturated heterocycles. The topological polar surface area (TPSA) is 73.9 Å². The first kappa shape index (κ1) is 30.2. The first-order valence-electron chi connectivity index (χ1n) is 12.6. The van der Waals surface area contributed by atoms with Gasteiger partial charge in [-0.1, -0.05) is 0 Å². The highest BCUT2D eigenvalue weighted by atomic mass is 28.4. The molecule has 41 heavy (non-hydrogen) atoms. The van der Waals surface area contributed by atoms with E-state index in [9.17, 15) is 31.5 Å². The Bertz CT molecular complexity index is 1510. The molecule has 1 fully saturated rings. The van der Waals surface area contributed by atoms with Crippen LogP contribution in [0.1, 0.15) is 50.2 Å². The van der Waals surface area contributed by atoms with Crippen LogP contribution in [0.5, 0.6) is 11.5 Å². The van der Waals surface area contributed by atoms with Crippen molar-refractivity contribution in [2.75, 3.05) is 12.4 Å². The number of amides is 1. The second-order valence-electron chi connectivity index (χ2n) is 10.8. The smallest absolute Gasteiger partial charge is 0.417 e. The van der Waals surface area contributed by atoms with Crippen LogP contribution in [0, 0.1) is 18.6 Å². The summed E-state index contributed by atoms with van der Waals surface area (Å²) in [6, 6.07) is 8.45. The highest BCUT2D eigenvalue weighted by molar-refractivity contribution is 6.69. The van der Waals surface area contributed by atoms with E-state index in [1.54, 1.807) is 6.92 Å². The minimum Gasteiger partial charge on any atom is -0.465 e. The minimum atomic E-state index is -4.97. The van der Waals surface area contributed by atoms with Gasteiger partial charge in [0.1, 0.15) is 23.1 Å². The van der Waals surface area contributed by atoms with E-state index in [4.69, 9.17) is 9.16 Å². The molecule has 1 N–H and O–H groups in total. The fourth-order valence-corrected chi connectivity index (χ4v) is 5.97. The maximum absolute atomic E-state index is 14.4. The van der Waals surface area contributed by atoms with E-state index < -0.39 is 60.3 Å². The maximum Gasteiger partial charge on any atom is 0.417 e. The highest BCUT2D eigenvalue weighted by Gasteiger charge is 2.51. The number of ether oxygens (including phenoxy) is 2. The second kappa shape index (κ2) is 10.9. The molecular weight excluding hydrogens is 565 g/mol. The molecule has 1 aliphatic carbocycles. The zero-order valence-electron chi connectivity index (χ0n) is 23.0. The number of halogens is 5. The van der Waals surface area contributed by atoms with Crippen LogP contribution in [0.15, 0.2) is 48.5 Å². The molecule has 1 aliphatic rings. The van der Waals surface area contributed by atoms with Crippen LogP contribution in [-0.2, 0) is 20.9 Å². The fourth-order valence-electron chi connectivity index (χ4n) is 4.48. The number of carbonyl (C=O) groups excluding carboxylic acids is 2. The molecule has 0 atom stereocenters. The van der Waals surface area contributed by atoms with Gasteiger partial charge in [0.25, 0.3) is 5.91 Å². The number of hydrogen-bond donors (Lipinski definition) is 1. The third-order valence-corrected chi connectivity index (χ3v) is 7.36. The number of methoxy groups -OCH3 is 1. The van der Waals surface area contributed by atoms with E-state index in [-0.39, 0.29) is 22.7 Å². The van der Waals surface area contributed by atoms with E-state index in [1.165, 1.54) is 12.1 Å². The van der Waals surface area contributed by atoms with Gasteiger partial charge in [-0.25, -0.2) is 13.6 Å². The Morgan fingerprint density at radius 2 is 1.61 bits per heavy atom. The molecule has 4 rings (SSSR count). The Hall–Kier alpha value is -3.77. The lowest BCUT2D eigenvalue weighted by Crippen LogP contribution is -2.32. The quantitative estimate of drug-likeness (QED) is 0.163. The maximum atomic E-state index is 14.4. The van der Waals surface area contributed by atoms with Gasteiger partial charge < -0.3 is 19.2 Å². The molecule has 0 bridgehead atoms. The van der Waals surface area contributed by atoms with E-state index in [0.717, 1.165) is 43.5 Å². The summed E-state index contributed by atoms with van der Waals surface area (Å²) in [6.07, 6.45) is -4.00. The molecule has 3 aromatic carbocycles. The average Bonchev–Trinajstić information content (AvgIpc) is 3.64. The number of nitrogens with one attached hydrogen (secondary N) is 1. The summed E-state index contributed by atoms with van der Waals surface area (Å²) < 4.78 is 87.7. The van der Waals surface area contributed by atoms with Crippen molar-refractivity contribution in [3.63, 3.8) is 0 Å². The number of benzene rings is 3. The zero-order chi connectivity index (χ0) is 30.3. The molecule has 0 spiro atoms. The summed E-state index contributed by atoms with van der Waals surface area (Å²) in [6.45, 7) is 7.36. The summed E-state index contributed by atoms with van der Waals surface area (Å²) in [5.74, 6) is -3.65. The third kappa shape index (κ3) is 6.76. The minimum absolute atomic E-state index is 0.117. The standard InChI is InChI=1S/C29H28F5NO5Si/c1-16-12-17(30)6-9-24(16)39-25-15-21(29(32,33)34)19(14-22(25)28(10-11-28)40-41(3,4)5)26(36)35-18-7-8-23(31)20(13-18)27(37)38-2/h6-9,12-15H,10-11H2,1-5H3,(H,35,36). The molecule has 3 aromatic rings. The summed E-state index contributed by atoms with van der Waals surface area (Å²) in [5, 5.41) is 2.32. The molecule has 0 unspecified atom stereocenters. The lowest BCUT2D eigenvalue weighted by Gasteiger charge is -2.29. The first-order chi connectivity index (χ1) is 19.0. The van der Waals surface area contributed by atoms with E-state index in [1.807, 2.05) is 19.6 Å². The van der Waals surface area contributed by atoms with Crippen LogP contribution >= 0.6 is 0 Å². The normalized spacial score (nSPS) is 14.4. The summed E-state index contributed by atoms with van der Waals surface area (Å²) in [7, 11) is -1.20. The van der Waals surface area contributed by atoms with Crippen LogP contribution in [0.2, 0.25) is 19.6 Å². The van der Waals surface area contributed by atoms with Crippen molar-refractivity contribution >= 4 is 25.9 Å². The van der Waals surface area contributed by atoms with Crippen molar-refractivity contribution < 1.29 is 45.4 Å². The Labute approximate surface area is 234 Å². The SMILES string of the molecule is COC(=O)c1cc(NC(=O)c2cc(C3(O[Si](C)(C)C)CC3)c(Oc3ccc(F)cc3C)cc2C(F)(F)F)ccc1F. The lowest BCUT2D eigenvalue weighted by molar-refractivity contribution is -0.138. The summed E-state index contributed by atoms with van der Waals surface area (Å²) >= 11 is 0. The van der Waals surface area contributed by atoms with Gasteiger partial charge in [0, 0.05) is 11.3 Å². The Morgan fingerprint density at radius 1 is 0.927 bits per heavy atom. The van der Waals surface area contributed by atoms with Gasteiger partial charge in [-0.2, -0.15) is 13.2 Å². The van der Waals surface area contributed by atoms with Crippen LogP contribution in [0.25, 0.3) is 0 Å². The van der Waals surface area contributed by atoms with Crippen molar-refractivity contribution in [1.29, 1.82) is 0 Å². The van der Waals surface area contributed by atoms with E-state index in [2.05, 4.69) is 10.1 Å². The van der Waals surface area contributed by atoms with Gasteiger partial charge in [0.05, 0.1) is 29.4 Å².